The van der Waals surface area contributed by atoms with Gasteiger partial charge in [-0.15, -0.1) is 0 Å². The van der Waals surface area contributed by atoms with Crippen LogP contribution >= 0.6 is 0 Å². The minimum Gasteiger partial charge on any atom is -0.481 e. The van der Waals surface area contributed by atoms with Crippen LogP contribution in [0.3, 0.4) is 0 Å². The lowest BCUT2D eigenvalue weighted by atomic mass is 9.64. The van der Waals surface area contributed by atoms with Gasteiger partial charge in [0.15, 0.2) is 0 Å². The third kappa shape index (κ3) is 2.97. The molecular formula is C15H27NO4. The number of carbonyl (C=O) groups is 2. The third-order valence-corrected chi connectivity index (χ3v) is 5.10. The van der Waals surface area contributed by atoms with Gasteiger partial charge in [0.25, 0.3) is 0 Å². The van der Waals surface area contributed by atoms with Crippen molar-refractivity contribution < 1.29 is 19.4 Å². The van der Waals surface area contributed by atoms with Crippen molar-refractivity contribution in [2.24, 2.45) is 10.8 Å². The highest BCUT2D eigenvalue weighted by molar-refractivity contribution is 5.85. The number of methoxy groups -OCH3 is 1. The third-order valence-electron chi connectivity index (χ3n) is 5.10. The maximum absolute atomic E-state index is 12.2. The lowest BCUT2D eigenvalue weighted by Crippen LogP contribution is -2.62. The first kappa shape index (κ1) is 17.0. The molecule has 0 saturated heterocycles. The maximum Gasteiger partial charge on any atom is 0.310 e. The van der Waals surface area contributed by atoms with Crippen molar-refractivity contribution in [1.29, 1.82) is 0 Å². The second-order valence-corrected chi connectivity index (χ2v) is 6.37. The average Bonchev–Trinajstić information content (AvgIpc) is 2.40. The molecule has 2 unspecified atom stereocenters. The first-order valence-corrected chi connectivity index (χ1v) is 7.29. The van der Waals surface area contributed by atoms with Gasteiger partial charge in [-0.3, -0.25) is 9.59 Å². The quantitative estimate of drug-likeness (QED) is 0.752. The summed E-state index contributed by atoms with van der Waals surface area (Å²) in [6, 6.07) is 0.0557. The second kappa shape index (κ2) is 6.12. The predicted molar refractivity (Wildman–Crippen MR) is 76.4 cm³/mol. The molecule has 116 valence electrons. The smallest absolute Gasteiger partial charge is 0.310 e. The van der Waals surface area contributed by atoms with Crippen molar-refractivity contribution in [2.75, 3.05) is 7.11 Å². The molecule has 0 aromatic carbocycles. The van der Waals surface area contributed by atoms with Crippen molar-refractivity contribution in [3.63, 3.8) is 0 Å². The molecule has 0 aromatic rings. The van der Waals surface area contributed by atoms with Crippen molar-refractivity contribution in [3.8, 4) is 0 Å². The fraction of sp³-hybridized carbons (Fsp3) is 0.867. The predicted octanol–water partition coefficient (Wildman–Crippen LogP) is 2.20. The highest BCUT2D eigenvalue weighted by atomic mass is 16.5. The van der Waals surface area contributed by atoms with Crippen molar-refractivity contribution >= 4 is 11.9 Å². The van der Waals surface area contributed by atoms with E-state index in [4.69, 9.17) is 4.74 Å². The van der Waals surface area contributed by atoms with Crippen molar-refractivity contribution in [3.05, 3.63) is 0 Å². The van der Waals surface area contributed by atoms with E-state index in [-0.39, 0.29) is 29.9 Å². The Hall–Kier alpha value is -1.10. The van der Waals surface area contributed by atoms with E-state index in [1.807, 2.05) is 13.8 Å². The van der Waals surface area contributed by atoms with Gasteiger partial charge in [0.05, 0.1) is 11.5 Å². The zero-order valence-corrected chi connectivity index (χ0v) is 13.2. The molecule has 1 fully saturated rings. The van der Waals surface area contributed by atoms with Crippen LogP contribution in [0.2, 0.25) is 0 Å². The molecule has 2 N–H and O–H groups in total. The molecule has 1 aliphatic carbocycles. The molecule has 20 heavy (non-hydrogen) atoms. The van der Waals surface area contributed by atoms with E-state index >= 15 is 0 Å². The summed E-state index contributed by atoms with van der Waals surface area (Å²) in [5, 5.41) is 12.3. The van der Waals surface area contributed by atoms with Crippen LogP contribution in [0.25, 0.3) is 0 Å². The van der Waals surface area contributed by atoms with Crippen molar-refractivity contribution in [1.82, 2.24) is 5.32 Å². The summed E-state index contributed by atoms with van der Waals surface area (Å²) in [6.07, 6.45) is 1.89. The Morgan fingerprint density at radius 2 is 1.90 bits per heavy atom. The molecule has 1 aliphatic rings. The maximum atomic E-state index is 12.2. The number of amides is 1. The number of carboxylic acids is 1. The molecule has 0 bridgehead atoms. The standard InChI is InChI=1S/C15H27NO4/c1-6-15(7-2,13(18)19)9-12(17)16-10-8-11(20-5)14(10,3)4/h10-11H,6-9H2,1-5H3,(H,16,17)(H,18,19). The summed E-state index contributed by atoms with van der Waals surface area (Å²) < 4.78 is 5.35. The van der Waals surface area contributed by atoms with E-state index in [2.05, 4.69) is 19.2 Å². The Labute approximate surface area is 121 Å². The summed E-state index contributed by atoms with van der Waals surface area (Å²) in [7, 11) is 1.67. The summed E-state index contributed by atoms with van der Waals surface area (Å²) in [5.41, 5.74) is -1.05. The van der Waals surface area contributed by atoms with E-state index in [0.29, 0.717) is 12.8 Å². The summed E-state index contributed by atoms with van der Waals surface area (Å²) in [5.74, 6) is -1.07. The minimum absolute atomic E-state index is 0.0412. The number of nitrogens with one attached hydrogen (secondary N) is 1. The largest absolute Gasteiger partial charge is 0.481 e. The summed E-state index contributed by atoms with van der Waals surface area (Å²) in [6.45, 7) is 7.75. The molecule has 0 aliphatic heterocycles. The first-order valence-electron chi connectivity index (χ1n) is 7.29. The van der Waals surface area contributed by atoms with E-state index < -0.39 is 11.4 Å². The van der Waals surface area contributed by atoms with Gasteiger partial charge in [0.2, 0.25) is 5.91 Å². The van der Waals surface area contributed by atoms with E-state index in [0.717, 1.165) is 6.42 Å². The minimum atomic E-state index is -0.946. The molecule has 2 atom stereocenters. The van der Waals surface area contributed by atoms with Crippen LogP contribution in [0.1, 0.15) is 53.4 Å². The Balaban J connectivity index is 2.63. The highest BCUT2D eigenvalue weighted by Crippen LogP contribution is 2.42. The first-order chi connectivity index (χ1) is 9.23. The second-order valence-electron chi connectivity index (χ2n) is 6.37. The number of hydrogen-bond donors (Lipinski definition) is 2. The van der Waals surface area contributed by atoms with E-state index in [1.54, 1.807) is 7.11 Å². The number of ether oxygens (including phenoxy) is 1. The van der Waals surface area contributed by atoms with E-state index in [9.17, 15) is 14.7 Å². The molecule has 1 amide bonds. The molecule has 0 heterocycles. The van der Waals surface area contributed by atoms with Crippen LogP contribution in [-0.2, 0) is 14.3 Å². The van der Waals surface area contributed by atoms with Gasteiger partial charge >= 0.3 is 5.97 Å². The molecule has 1 rings (SSSR count). The monoisotopic (exact) mass is 285 g/mol. The van der Waals surface area contributed by atoms with Gasteiger partial charge in [-0.2, -0.15) is 0 Å². The lowest BCUT2D eigenvalue weighted by molar-refractivity contribution is -0.153. The zero-order chi connectivity index (χ0) is 15.6. The number of carbonyl (C=O) groups excluding carboxylic acids is 1. The van der Waals surface area contributed by atoms with Crippen LogP contribution in [0.5, 0.6) is 0 Å². The molecule has 0 spiro atoms. The van der Waals surface area contributed by atoms with Gasteiger partial charge in [-0.25, -0.2) is 0 Å². The van der Waals surface area contributed by atoms with Gasteiger partial charge in [0, 0.05) is 25.0 Å². The molecular weight excluding hydrogens is 258 g/mol. The van der Waals surface area contributed by atoms with Gasteiger partial charge in [-0.05, 0) is 19.3 Å². The number of rotatable bonds is 7. The van der Waals surface area contributed by atoms with Gasteiger partial charge in [-0.1, -0.05) is 27.7 Å². The summed E-state index contributed by atoms with van der Waals surface area (Å²) in [4.78, 5) is 23.6. The zero-order valence-electron chi connectivity index (χ0n) is 13.2. The molecule has 0 radical (unpaired) electrons. The Morgan fingerprint density at radius 1 is 1.35 bits per heavy atom. The van der Waals surface area contributed by atoms with E-state index in [1.165, 1.54) is 0 Å². The van der Waals surface area contributed by atoms with Gasteiger partial charge < -0.3 is 15.2 Å². The number of hydrogen-bond acceptors (Lipinski definition) is 3. The van der Waals surface area contributed by atoms with Crippen LogP contribution < -0.4 is 5.32 Å². The fourth-order valence-electron chi connectivity index (χ4n) is 2.96. The topological polar surface area (TPSA) is 75.6 Å². The Bertz CT molecular complexity index is 374. The van der Waals surface area contributed by atoms with Crippen molar-refractivity contribution in [2.45, 2.75) is 65.5 Å². The normalized spacial score (nSPS) is 24.9. The van der Waals surface area contributed by atoms with Gasteiger partial charge in [0.1, 0.15) is 0 Å². The molecule has 1 saturated carbocycles. The molecule has 5 nitrogen and oxygen atoms in total. The summed E-state index contributed by atoms with van der Waals surface area (Å²) >= 11 is 0. The molecule has 5 heteroatoms. The highest BCUT2D eigenvalue weighted by Gasteiger charge is 2.49. The lowest BCUT2D eigenvalue weighted by Gasteiger charge is -2.51. The van der Waals surface area contributed by atoms with Crippen LogP contribution in [0.15, 0.2) is 0 Å². The Morgan fingerprint density at radius 3 is 2.25 bits per heavy atom. The fourth-order valence-corrected chi connectivity index (χ4v) is 2.96. The average molecular weight is 285 g/mol. The van der Waals surface area contributed by atoms with Crippen LogP contribution in [-0.4, -0.2) is 36.2 Å². The molecule has 0 aromatic heterocycles. The number of carboxylic acid groups (broad SMARTS) is 1. The SMILES string of the molecule is CCC(CC)(CC(=O)NC1CC(OC)C1(C)C)C(=O)O. The number of aliphatic carboxylic acids is 1. The Kier molecular flexibility index (Phi) is 5.19. The van der Waals surface area contributed by atoms with Crippen LogP contribution in [0.4, 0.5) is 0 Å². The van der Waals surface area contributed by atoms with Crippen LogP contribution in [0, 0.1) is 10.8 Å².